The van der Waals surface area contributed by atoms with E-state index in [-0.39, 0.29) is 6.04 Å². The van der Waals surface area contributed by atoms with Crippen LogP contribution in [0, 0.1) is 13.8 Å². The van der Waals surface area contributed by atoms with Crippen LogP contribution in [0.15, 0.2) is 36.5 Å². The topological polar surface area (TPSA) is 38.9 Å². The summed E-state index contributed by atoms with van der Waals surface area (Å²) in [5.74, 6) is 0. The summed E-state index contributed by atoms with van der Waals surface area (Å²) in [7, 11) is 0. The third-order valence-corrected chi connectivity index (χ3v) is 3.11. The van der Waals surface area contributed by atoms with E-state index in [1.807, 2.05) is 38.2 Å². The predicted octanol–water partition coefficient (Wildman–Crippen LogP) is 3.59. The van der Waals surface area contributed by atoms with E-state index in [0.29, 0.717) is 0 Å². The highest BCUT2D eigenvalue weighted by atomic mass is 35.5. The van der Waals surface area contributed by atoms with Crippen LogP contribution in [0.1, 0.15) is 28.4 Å². The average molecular weight is 261 g/mol. The van der Waals surface area contributed by atoms with Gasteiger partial charge in [-0.1, -0.05) is 23.7 Å². The van der Waals surface area contributed by atoms with Gasteiger partial charge in [0.15, 0.2) is 0 Å². The lowest BCUT2D eigenvalue weighted by Crippen LogP contribution is -2.14. The molecule has 0 aliphatic carbocycles. The van der Waals surface area contributed by atoms with E-state index in [1.165, 1.54) is 0 Å². The molecule has 0 spiro atoms. The van der Waals surface area contributed by atoms with Crippen LogP contribution in [0.5, 0.6) is 0 Å². The van der Waals surface area contributed by atoms with Crippen molar-refractivity contribution in [2.24, 2.45) is 5.73 Å². The Kier molecular flexibility index (Phi) is 4.00. The maximum Gasteiger partial charge on any atom is 0.0422 e. The van der Waals surface area contributed by atoms with Crippen molar-refractivity contribution in [3.8, 4) is 0 Å². The van der Waals surface area contributed by atoms with E-state index in [2.05, 4.69) is 17.1 Å². The molecule has 1 heterocycles. The van der Waals surface area contributed by atoms with Crippen molar-refractivity contribution < 1.29 is 0 Å². The highest BCUT2D eigenvalue weighted by Crippen LogP contribution is 2.21. The van der Waals surface area contributed by atoms with Crippen LogP contribution >= 0.6 is 11.6 Å². The molecule has 2 aromatic rings. The minimum absolute atomic E-state index is 0.0717. The zero-order chi connectivity index (χ0) is 13.1. The summed E-state index contributed by atoms with van der Waals surface area (Å²) in [6.45, 7) is 4.04. The van der Waals surface area contributed by atoms with Crippen molar-refractivity contribution in [2.45, 2.75) is 26.3 Å². The summed E-state index contributed by atoms with van der Waals surface area (Å²) >= 11 is 6.05. The normalized spacial score (nSPS) is 12.4. The van der Waals surface area contributed by atoms with Gasteiger partial charge in [0.25, 0.3) is 0 Å². The fraction of sp³-hybridized carbons (Fsp3) is 0.267. The van der Waals surface area contributed by atoms with Crippen LogP contribution in [0.3, 0.4) is 0 Å². The van der Waals surface area contributed by atoms with E-state index in [0.717, 1.165) is 33.8 Å². The number of pyridine rings is 1. The molecule has 2 nitrogen and oxygen atoms in total. The third kappa shape index (κ3) is 3.31. The fourth-order valence-corrected chi connectivity index (χ4v) is 2.24. The second kappa shape index (κ2) is 5.51. The first-order valence-electron chi connectivity index (χ1n) is 5.99. The molecule has 0 radical (unpaired) electrons. The van der Waals surface area contributed by atoms with Crippen LogP contribution in [0.4, 0.5) is 0 Å². The smallest absolute Gasteiger partial charge is 0.0422 e. The van der Waals surface area contributed by atoms with Crippen molar-refractivity contribution in [2.75, 3.05) is 0 Å². The molecule has 18 heavy (non-hydrogen) atoms. The molecule has 0 aliphatic heterocycles. The van der Waals surface area contributed by atoms with Crippen molar-refractivity contribution >= 4 is 11.6 Å². The maximum absolute atomic E-state index is 6.20. The van der Waals surface area contributed by atoms with Gasteiger partial charge in [-0.15, -0.1) is 0 Å². The summed E-state index contributed by atoms with van der Waals surface area (Å²) in [6.07, 6.45) is 2.59. The second-order valence-corrected chi connectivity index (χ2v) is 5.14. The molecule has 94 valence electrons. The summed E-state index contributed by atoms with van der Waals surface area (Å²) in [5, 5.41) is 0.734. The molecule has 2 rings (SSSR count). The second-order valence-electron chi connectivity index (χ2n) is 4.70. The highest BCUT2D eigenvalue weighted by molar-refractivity contribution is 6.30. The zero-order valence-electron chi connectivity index (χ0n) is 10.7. The third-order valence-electron chi connectivity index (χ3n) is 2.89. The lowest BCUT2D eigenvalue weighted by molar-refractivity contribution is 0.705. The van der Waals surface area contributed by atoms with Gasteiger partial charge in [0.05, 0.1) is 0 Å². The Balaban J connectivity index is 2.16. The summed E-state index contributed by atoms with van der Waals surface area (Å²) in [5.41, 5.74) is 10.6. The summed E-state index contributed by atoms with van der Waals surface area (Å²) in [6, 6.07) is 9.93. The van der Waals surface area contributed by atoms with Crippen molar-refractivity contribution in [1.82, 2.24) is 4.98 Å². The first-order chi connectivity index (χ1) is 8.54. The number of nitrogens with two attached hydrogens (primary N) is 1. The number of hydrogen-bond acceptors (Lipinski definition) is 2. The summed E-state index contributed by atoms with van der Waals surface area (Å²) in [4.78, 5) is 4.38. The minimum Gasteiger partial charge on any atom is -0.324 e. The molecular weight excluding hydrogens is 244 g/mol. The fourth-order valence-electron chi connectivity index (χ4n) is 1.94. The Morgan fingerprint density at radius 2 is 1.94 bits per heavy atom. The number of halogens is 1. The van der Waals surface area contributed by atoms with Crippen LogP contribution in [-0.2, 0) is 6.42 Å². The lowest BCUT2D eigenvalue weighted by atomic mass is 10.0. The first kappa shape index (κ1) is 13.1. The number of hydrogen-bond donors (Lipinski definition) is 1. The Bertz CT molecular complexity index is 514. The molecule has 0 saturated heterocycles. The molecule has 0 fully saturated rings. The first-order valence-corrected chi connectivity index (χ1v) is 6.36. The van der Waals surface area contributed by atoms with Gasteiger partial charge in [0.1, 0.15) is 0 Å². The zero-order valence-corrected chi connectivity index (χ0v) is 11.4. The van der Waals surface area contributed by atoms with Crippen LogP contribution < -0.4 is 5.73 Å². The van der Waals surface area contributed by atoms with Gasteiger partial charge in [0.2, 0.25) is 0 Å². The minimum atomic E-state index is -0.0717. The Labute approximate surface area is 113 Å². The lowest BCUT2D eigenvalue weighted by Gasteiger charge is -2.13. The van der Waals surface area contributed by atoms with E-state index in [1.54, 1.807) is 0 Å². The van der Waals surface area contributed by atoms with Crippen LogP contribution in [0.25, 0.3) is 0 Å². The van der Waals surface area contributed by atoms with Crippen molar-refractivity contribution in [3.05, 3.63) is 63.9 Å². The molecule has 0 saturated carbocycles. The van der Waals surface area contributed by atoms with Crippen molar-refractivity contribution in [3.63, 3.8) is 0 Å². The van der Waals surface area contributed by atoms with Gasteiger partial charge in [-0.3, -0.25) is 4.98 Å². The molecule has 0 aliphatic rings. The van der Waals surface area contributed by atoms with Gasteiger partial charge < -0.3 is 5.73 Å². The maximum atomic E-state index is 6.20. The van der Waals surface area contributed by atoms with E-state index < -0.39 is 0 Å². The number of nitrogens with zero attached hydrogens (tertiary/aromatic N) is 1. The molecule has 2 N–H and O–H groups in total. The molecule has 0 bridgehead atoms. The Morgan fingerprint density at radius 3 is 2.56 bits per heavy atom. The van der Waals surface area contributed by atoms with Gasteiger partial charge >= 0.3 is 0 Å². The Hall–Kier alpha value is -1.38. The van der Waals surface area contributed by atoms with E-state index in [9.17, 15) is 0 Å². The van der Waals surface area contributed by atoms with Gasteiger partial charge in [-0.05, 0) is 48.7 Å². The van der Waals surface area contributed by atoms with Crippen LogP contribution in [0.2, 0.25) is 5.02 Å². The largest absolute Gasteiger partial charge is 0.324 e. The monoisotopic (exact) mass is 260 g/mol. The van der Waals surface area contributed by atoms with E-state index in [4.69, 9.17) is 17.3 Å². The van der Waals surface area contributed by atoms with Crippen LogP contribution in [-0.4, -0.2) is 4.98 Å². The highest BCUT2D eigenvalue weighted by Gasteiger charge is 2.09. The standard InChI is InChI=1S/C15H17ClN2/c1-10-3-4-14(18-9-10)8-15(17)12-5-11(2)6-13(16)7-12/h3-7,9,15H,8,17H2,1-2H3. The molecule has 1 atom stereocenters. The molecule has 1 aromatic heterocycles. The molecule has 1 unspecified atom stereocenters. The Morgan fingerprint density at radius 1 is 1.17 bits per heavy atom. The number of aryl methyl sites for hydroxylation is 2. The molecule has 1 aromatic carbocycles. The van der Waals surface area contributed by atoms with Crippen molar-refractivity contribution in [1.29, 1.82) is 0 Å². The number of rotatable bonds is 3. The number of aromatic nitrogens is 1. The number of benzene rings is 1. The van der Waals surface area contributed by atoms with Gasteiger partial charge in [-0.25, -0.2) is 0 Å². The predicted molar refractivity (Wildman–Crippen MR) is 75.8 cm³/mol. The summed E-state index contributed by atoms with van der Waals surface area (Å²) < 4.78 is 0. The quantitative estimate of drug-likeness (QED) is 0.916. The molecular formula is C15H17ClN2. The van der Waals surface area contributed by atoms with Gasteiger partial charge in [-0.2, -0.15) is 0 Å². The molecule has 0 amide bonds. The van der Waals surface area contributed by atoms with E-state index >= 15 is 0 Å². The average Bonchev–Trinajstić information content (AvgIpc) is 2.31. The molecule has 3 heteroatoms. The van der Waals surface area contributed by atoms with Gasteiger partial charge in [0, 0.05) is 29.4 Å². The SMILES string of the molecule is Cc1ccc(CC(N)c2cc(C)cc(Cl)c2)nc1.